The summed E-state index contributed by atoms with van der Waals surface area (Å²) in [6, 6.07) is 16.4. The summed E-state index contributed by atoms with van der Waals surface area (Å²) in [6.45, 7) is 3.18. The van der Waals surface area contributed by atoms with E-state index in [1.807, 2.05) is 49.4 Å². The normalized spacial score (nSPS) is 10.8. The van der Waals surface area contributed by atoms with Crippen molar-refractivity contribution in [2.75, 3.05) is 26.2 Å². The second-order valence-corrected chi connectivity index (χ2v) is 13.7. The summed E-state index contributed by atoms with van der Waals surface area (Å²) < 4.78 is 0. The number of guanidine groups is 4. The number of phenols is 4. The number of nitrogens with two attached hydrogens (primary N) is 8. The molecule has 0 aliphatic rings. The number of aliphatic imine (C=N–C) groups is 4. The van der Waals surface area contributed by atoms with Crippen molar-refractivity contribution in [1.82, 2.24) is 0 Å². The molecule has 0 saturated carbocycles. The van der Waals surface area contributed by atoms with Crippen molar-refractivity contribution in [3.05, 3.63) is 116 Å². The Labute approximate surface area is 326 Å². The van der Waals surface area contributed by atoms with Crippen LogP contribution in [0.15, 0.2) is 74.6 Å². The highest BCUT2D eigenvalue weighted by molar-refractivity contribution is 5.76. The molecule has 20 N–H and O–H groups in total. The molecule has 0 atom stereocenters. The average Bonchev–Trinajstić information content (AvgIpc) is 3.11. The van der Waals surface area contributed by atoms with Crippen LogP contribution >= 0.6 is 0 Å². The predicted octanol–water partition coefficient (Wildman–Crippen LogP) is 0.853. The van der Waals surface area contributed by atoms with Gasteiger partial charge in [-0.1, -0.05) is 48.5 Å². The first-order chi connectivity index (χ1) is 26.6. The van der Waals surface area contributed by atoms with E-state index in [0.29, 0.717) is 90.8 Å². The Morgan fingerprint density at radius 3 is 1.09 bits per heavy atom. The van der Waals surface area contributed by atoms with Gasteiger partial charge in [0.2, 0.25) is 0 Å². The van der Waals surface area contributed by atoms with Crippen molar-refractivity contribution in [1.29, 1.82) is 0 Å². The van der Waals surface area contributed by atoms with E-state index in [-0.39, 0.29) is 66.1 Å². The van der Waals surface area contributed by atoms with Crippen LogP contribution in [0.3, 0.4) is 0 Å². The van der Waals surface area contributed by atoms with Crippen molar-refractivity contribution in [3.63, 3.8) is 0 Å². The lowest BCUT2D eigenvalue weighted by Crippen LogP contribution is -2.23. The maximum Gasteiger partial charge on any atom is 0.185 e. The first kappa shape index (κ1) is 41.9. The number of nitrogens with zero attached hydrogens (tertiary/aromatic N) is 4. The molecule has 16 heteroatoms. The van der Waals surface area contributed by atoms with Crippen LogP contribution in [0.5, 0.6) is 23.0 Å². The molecule has 0 aliphatic carbocycles. The summed E-state index contributed by atoms with van der Waals surface area (Å²) in [6.07, 6.45) is 2.53. The van der Waals surface area contributed by atoms with Gasteiger partial charge in [-0.05, 0) is 99.9 Å². The molecule has 0 fully saturated rings. The van der Waals surface area contributed by atoms with E-state index < -0.39 is 0 Å². The second kappa shape index (κ2) is 19.5. The van der Waals surface area contributed by atoms with Crippen LogP contribution in [-0.2, 0) is 44.9 Å². The van der Waals surface area contributed by atoms with Gasteiger partial charge in [0.25, 0.3) is 0 Å². The van der Waals surface area contributed by atoms with Gasteiger partial charge in [-0.15, -0.1) is 0 Å². The number of rotatable bonds is 18. The summed E-state index contributed by atoms with van der Waals surface area (Å²) in [4.78, 5) is 16.4. The van der Waals surface area contributed by atoms with Gasteiger partial charge >= 0.3 is 0 Å². The Kier molecular flexibility index (Phi) is 14.6. The molecular formula is C40H54N12O4. The smallest absolute Gasteiger partial charge is 0.185 e. The Hall–Kier alpha value is -6.84. The zero-order chi connectivity index (χ0) is 40.9. The van der Waals surface area contributed by atoms with Crippen LogP contribution in [0, 0.1) is 6.92 Å². The largest absolute Gasteiger partial charge is 0.508 e. The second-order valence-electron chi connectivity index (χ2n) is 13.7. The summed E-state index contributed by atoms with van der Waals surface area (Å²) in [7, 11) is 0. The number of aryl methyl sites for hydroxylation is 1. The van der Waals surface area contributed by atoms with E-state index in [4.69, 9.17) is 45.9 Å². The molecule has 56 heavy (non-hydrogen) atoms. The molecule has 0 amide bonds. The lowest BCUT2D eigenvalue weighted by atomic mass is 9.90. The molecule has 16 nitrogen and oxygen atoms in total. The SMILES string of the molecule is Cc1cc(CCN=C(N)N)cc(Cc2cc(CCN=C(N)N)cc(Cc3cc(CCN=C(N)N)cc(Cc4cc(CCN=C(N)N)ccc4O)c3O)c2O)c1O. The molecule has 4 aromatic rings. The third-order valence-corrected chi connectivity index (χ3v) is 9.16. The summed E-state index contributed by atoms with van der Waals surface area (Å²) in [5.41, 5.74) is 51.9. The van der Waals surface area contributed by atoms with E-state index in [2.05, 4.69) is 20.0 Å². The summed E-state index contributed by atoms with van der Waals surface area (Å²) in [5, 5.41) is 45.6. The molecule has 0 spiro atoms. The molecule has 0 saturated heterocycles. The van der Waals surface area contributed by atoms with Crippen molar-refractivity contribution < 1.29 is 20.4 Å². The van der Waals surface area contributed by atoms with Crippen LogP contribution in [0.2, 0.25) is 0 Å². The minimum absolute atomic E-state index is 0.00323. The molecule has 298 valence electrons. The monoisotopic (exact) mass is 766 g/mol. The van der Waals surface area contributed by atoms with Crippen LogP contribution in [0.4, 0.5) is 0 Å². The fourth-order valence-electron chi connectivity index (χ4n) is 6.51. The van der Waals surface area contributed by atoms with Gasteiger partial charge < -0.3 is 66.3 Å². The number of aromatic hydroxyl groups is 4. The lowest BCUT2D eigenvalue weighted by Gasteiger charge is -2.18. The molecule has 0 heterocycles. The minimum atomic E-state index is -0.0396. The third kappa shape index (κ3) is 12.4. The van der Waals surface area contributed by atoms with Gasteiger partial charge in [0.05, 0.1) is 0 Å². The Bertz CT molecular complexity index is 2130. The van der Waals surface area contributed by atoms with Gasteiger partial charge in [0, 0.05) is 45.4 Å². The van der Waals surface area contributed by atoms with Gasteiger partial charge in [0.1, 0.15) is 23.0 Å². The quantitative estimate of drug-likeness (QED) is 0.0495. The molecule has 0 unspecified atom stereocenters. The zero-order valence-electron chi connectivity index (χ0n) is 31.7. The molecule has 0 bridgehead atoms. The molecule has 4 rings (SSSR count). The first-order valence-electron chi connectivity index (χ1n) is 18.1. The Morgan fingerprint density at radius 2 is 0.714 bits per heavy atom. The Balaban J connectivity index is 1.78. The number of phenolic OH excluding ortho intramolecular Hbond substituents is 4. The fourth-order valence-corrected chi connectivity index (χ4v) is 6.51. The van der Waals surface area contributed by atoms with Crippen LogP contribution in [0.25, 0.3) is 0 Å². The molecule has 0 aliphatic heterocycles. The molecule has 0 aromatic heterocycles. The highest BCUT2D eigenvalue weighted by Crippen LogP contribution is 2.37. The summed E-state index contributed by atoms with van der Waals surface area (Å²) >= 11 is 0. The van der Waals surface area contributed by atoms with Crippen molar-refractivity contribution in [3.8, 4) is 23.0 Å². The zero-order valence-corrected chi connectivity index (χ0v) is 31.7. The third-order valence-electron chi connectivity index (χ3n) is 9.16. The van der Waals surface area contributed by atoms with Crippen molar-refractivity contribution in [2.45, 2.75) is 51.9 Å². The van der Waals surface area contributed by atoms with Crippen LogP contribution < -0.4 is 45.9 Å². The topological polar surface area (TPSA) is 339 Å². The van der Waals surface area contributed by atoms with E-state index in [9.17, 15) is 20.4 Å². The molecule has 0 radical (unpaired) electrons. The van der Waals surface area contributed by atoms with Crippen LogP contribution in [-0.4, -0.2) is 70.4 Å². The first-order valence-corrected chi connectivity index (χ1v) is 18.1. The predicted molar refractivity (Wildman–Crippen MR) is 223 cm³/mol. The van der Waals surface area contributed by atoms with E-state index in [1.165, 1.54) is 0 Å². The van der Waals surface area contributed by atoms with Crippen molar-refractivity contribution in [2.24, 2.45) is 65.8 Å². The summed E-state index contributed by atoms with van der Waals surface area (Å²) in [5.74, 6) is 0.112. The number of benzene rings is 4. The maximum absolute atomic E-state index is 11.8. The fraction of sp³-hybridized carbons (Fsp3) is 0.300. The Morgan fingerprint density at radius 1 is 0.411 bits per heavy atom. The van der Waals surface area contributed by atoms with E-state index in [0.717, 1.165) is 22.3 Å². The van der Waals surface area contributed by atoms with Gasteiger partial charge in [0.15, 0.2) is 23.8 Å². The highest BCUT2D eigenvalue weighted by atomic mass is 16.3. The standard InChI is InChI=1S/C40H54N12O4/c1-22-12-24(5-9-50-38(43)44)14-28(34(22)54)20-30-16-26(7-11-52-40(47)48)18-32(36(30)56)21-31-17-25(6-10-51-39(45)46)15-29(35(31)55)19-27-13-23(2-3-33(27)53)4-8-49-37(41)42/h2-3,12-18,53-56H,4-11,19-21H2,1H3,(H4,41,42,49)(H4,43,44,50)(H4,45,46,51)(H4,47,48,52). The minimum Gasteiger partial charge on any atom is -0.508 e. The average molecular weight is 767 g/mol. The van der Waals surface area contributed by atoms with Gasteiger partial charge in [-0.25, -0.2) is 0 Å². The van der Waals surface area contributed by atoms with Crippen LogP contribution in [0.1, 0.15) is 61.2 Å². The van der Waals surface area contributed by atoms with Gasteiger partial charge in [-0.3, -0.25) is 20.0 Å². The number of hydrogen-bond donors (Lipinski definition) is 12. The van der Waals surface area contributed by atoms with Gasteiger partial charge in [-0.2, -0.15) is 0 Å². The highest BCUT2D eigenvalue weighted by Gasteiger charge is 2.19. The molecular weight excluding hydrogens is 713 g/mol. The van der Waals surface area contributed by atoms with E-state index in [1.54, 1.807) is 12.1 Å². The lowest BCUT2D eigenvalue weighted by molar-refractivity contribution is 0.453. The maximum atomic E-state index is 11.8. The molecule has 4 aromatic carbocycles. The number of hydrogen-bond acceptors (Lipinski definition) is 8. The van der Waals surface area contributed by atoms with Crippen molar-refractivity contribution >= 4 is 23.8 Å². The van der Waals surface area contributed by atoms with E-state index >= 15 is 0 Å².